The highest BCUT2D eigenvalue weighted by atomic mass is 79.9. The third kappa shape index (κ3) is 7.54. The van der Waals surface area contributed by atoms with Gasteiger partial charge in [0.05, 0.1) is 6.21 Å². The summed E-state index contributed by atoms with van der Waals surface area (Å²) in [6.45, 7) is -0.289. The number of rotatable bonds is 7. The van der Waals surface area contributed by atoms with Crippen molar-refractivity contribution in [2.45, 2.75) is 18.9 Å². The van der Waals surface area contributed by atoms with Crippen molar-refractivity contribution in [3.8, 4) is 5.75 Å². The van der Waals surface area contributed by atoms with Gasteiger partial charge in [0.2, 0.25) is 0 Å². The first-order valence-corrected chi connectivity index (χ1v) is 10.7. The van der Waals surface area contributed by atoms with E-state index in [0.717, 1.165) is 17.3 Å². The molecule has 8 nitrogen and oxygen atoms in total. The number of nitrogens with zero attached hydrogens (tertiary/aromatic N) is 1. The second-order valence-electron chi connectivity index (χ2n) is 6.62. The average Bonchev–Trinajstić information content (AvgIpc) is 3.50. The lowest BCUT2D eigenvalue weighted by molar-refractivity contribution is -0.139. The fourth-order valence-electron chi connectivity index (χ4n) is 2.41. The number of anilines is 1. The molecule has 2 aromatic rings. The number of carbonyl (C=O) groups is 3. The Morgan fingerprint density at radius 2 is 1.81 bits per heavy atom. The van der Waals surface area contributed by atoms with Crippen molar-refractivity contribution in [3.63, 3.8) is 0 Å². The lowest BCUT2D eigenvalue weighted by atomic mass is 10.2. The van der Waals surface area contributed by atoms with E-state index in [1.807, 2.05) is 0 Å². The smallest absolute Gasteiger partial charge is 0.329 e. The molecular formula is C20H17BrCl2N4O4. The van der Waals surface area contributed by atoms with Gasteiger partial charge in [-0.2, -0.15) is 5.10 Å². The summed E-state index contributed by atoms with van der Waals surface area (Å²) in [6.07, 6.45) is 3.06. The van der Waals surface area contributed by atoms with Crippen molar-refractivity contribution in [3.05, 3.63) is 56.5 Å². The monoisotopic (exact) mass is 526 g/mol. The molecule has 0 bridgehead atoms. The minimum absolute atomic E-state index is 0.0707. The van der Waals surface area contributed by atoms with E-state index in [1.165, 1.54) is 6.21 Å². The molecule has 2 aromatic carbocycles. The van der Waals surface area contributed by atoms with Crippen LogP contribution in [-0.2, 0) is 14.4 Å². The van der Waals surface area contributed by atoms with E-state index in [2.05, 4.69) is 37.1 Å². The lowest BCUT2D eigenvalue weighted by Crippen LogP contribution is -2.38. The Morgan fingerprint density at radius 1 is 1.10 bits per heavy atom. The van der Waals surface area contributed by atoms with Crippen molar-refractivity contribution < 1.29 is 19.1 Å². The SMILES string of the molecule is O=C(COc1ccc(Br)cc1/C=N\NC(=O)C(=O)NC1CC1)Nc1cc(Cl)cc(Cl)c1. The summed E-state index contributed by atoms with van der Waals surface area (Å²) in [5.74, 6) is -1.67. The van der Waals surface area contributed by atoms with E-state index >= 15 is 0 Å². The molecule has 0 saturated heterocycles. The van der Waals surface area contributed by atoms with Crippen molar-refractivity contribution in [1.29, 1.82) is 0 Å². The molecule has 0 aliphatic heterocycles. The van der Waals surface area contributed by atoms with E-state index in [0.29, 0.717) is 27.0 Å². The fourth-order valence-corrected chi connectivity index (χ4v) is 3.31. The van der Waals surface area contributed by atoms with Crippen molar-refractivity contribution in [2.75, 3.05) is 11.9 Å². The first-order valence-electron chi connectivity index (χ1n) is 9.12. The third-order valence-electron chi connectivity index (χ3n) is 3.97. The number of carbonyl (C=O) groups excluding carboxylic acids is 3. The standard InChI is InChI=1S/C20H17BrCl2N4O4/c21-12-1-4-17(31-10-18(28)25-16-7-13(22)6-14(23)8-16)11(5-12)9-24-27-20(30)19(29)26-15-2-3-15/h1,4-9,15H,2-3,10H2,(H,25,28)(H,26,29)(H,27,30)/b24-9-. The van der Waals surface area contributed by atoms with Gasteiger partial charge in [-0.3, -0.25) is 14.4 Å². The largest absolute Gasteiger partial charge is 0.483 e. The summed E-state index contributed by atoms with van der Waals surface area (Å²) in [5.41, 5.74) is 3.09. The number of ether oxygens (including phenoxy) is 1. The summed E-state index contributed by atoms with van der Waals surface area (Å²) in [5, 5.41) is 9.78. The van der Waals surface area contributed by atoms with Crippen LogP contribution in [-0.4, -0.2) is 36.6 Å². The predicted octanol–water partition coefficient (Wildman–Crippen LogP) is 3.50. The highest BCUT2D eigenvalue weighted by Gasteiger charge is 2.26. The quantitative estimate of drug-likeness (QED) is 0.291. The van der Waals surface area contributed by atoms with Crippen LogP contribution < -0.4 is 20.8 Å². The molecule has 1 fully saturated rings. The molecule has 0 radical (unpaired) electrons. The Labute approximate surface area is 196 Å². The van der Waals surface area contributed by atoms with Crippen LogP contribution in [0.4, 0.5) is 5.69 Å². The second kappa shape index (κ2) is 10.6. The Morgan fingerprint density at radius 3 is 2.48 bits per heavy atom. The molecule has 1 saturated carbocycles. The zero-order valence-corrected chi connectivity index (χ0v) is 19.1. The average molecular weight is 528 g/mol. The maximum absolute atomic E-state index is 12.2. The minimum atomic E-state index is -0.861. The summed E-state index contributed by atoms with van der Waals surface area (Å²) >= 11 is 15.2. The molecule has 0 unspecified atom stereocenters. The van der Waals surface area contributed by atoms with Crippen molar-refractivity contribution in [2.24, 2.45) is 5.10 Å². The Balaban J connectivity index is 1.57. The van der Waals surface area contributed by atoms with Crippen LogP contribution in [0, 0.1) is 0 Å². The highest BCUT2D eigenvalue weighted by molar-refractivity contribution is 9.10. The van der Waals surface area contributed by atoms with Crippen LogP contribution >= 0.6 is 39.1 Å². The summed E-state index contributed by atoms with van der Waals surface area (Å²) in [7, 11) is 0. The molecule has 11 heteroatoms. The fraction of sp³-hybridized carbons (Fsp3) is 0.200. The zero-order chi connectivity index (χ0) is 22.4. The lowest BCUT2D eigenvalue weighted by Gasteiger charge is -2.10. The summed E-state index contributed by atoms with van der Waals surface area (Å²) in [6, 6.07) is 9.79. The molecule has 0 aromatic heterocycles. The molecule has 1 aliphatic rings. The Kier molecular flexibility index (Phi) is 7.89. The summed E-state index contributed by atoms with van der Waals surface area (Å²) < 4.78 is 6.30. The number of amides is 3. The van der Waals surface area contributed by atoms with E-state index < -0.39 is 17.7 Å². The molecule has 0 heterocycles. The molecule has 162 valence electrons. The molecule has 0 spiro atoms. The van der Waals surface area contributed by atoms with E-state index in [-0.39, 0.29) is 12.6 Å². The molecule has 3 amide bonds. The number of hydrogen-bond acceptors (Lipinski definition) is 5. The van der Waals surface area contributed by atoms with E-state index in [1.54, 1.807) is 36.4 Å². The van der Waals surface area contributed by atoms with Gasteiger partial charge in [0.25, 0.3) is 5.91 Å². The van der Waals surface area contributed by atoms with Crippen molar-refractivity contribution in [1.82, 2.24) is 10.7 Å². The minimum Gasteiger partial charge on any atom is -0.483 e. The molecule has 3 rings (SSSR count). The van der Waals surface area contributed by atoms with Gasteiger partial charge in [-0.05, 0) is 49.2 Å². The number of nitrogens with one attached hydrogen (secondary N) is 3. The van der Waals surface area contributed by atoms with Crippen LogP contribution in [0.3, 0.4) is 0 Å². The zero-order valence-electron chi connectivity index (χ0n) is 16.0. The number of halogens is 3. The Hall–Kier alpha value is -2.62. The maximum atomic E-state index is 12.2. The first-order chi connectivity index (χ1) is 14.8. The number of hydrogen-bond donors (Lipinski definition) is 3. The molecular weight excluding hydrogens is 511 g/mol. The van der Waals surface area contributed by atoms with Gasteiger partial charge in [0.1, 0.15) is 5.75 Å². The number of benzene rings is 2. The van der Waals surface area contributed by atoms with Crippen LogP contribution in [0.25, 0.3) is 0 Å². The van der Waals surface area contributed by atoms with Gasteiger partial charge >= 0.3 is 11.8 Å². The molecule has 3 N–H and O–H groups in total. The maximum Gasteiger partial charge on any atom is 0.329 e. The Bertz CT molecular complexity index is 1020. The van der Waals surface area contributed by atoms with Gasteiger partial charge in [-0.15, -0.1) is 0 Å². The third-order valence-corrected chi connectivity index (χ3v) is 4.90. The van der Waals surface area contributed by atoms with Gasteiger partial charge in [0, 0.05) is 31.8 Å². The summed E-state index contributed by atoms with van der Waals surface area (Å²) in [4.78, 5) is 35.6. The van der Waals surface area contributed by atoms with Gasteiger partial charge in [-0.1, -0.05) is 39.1 Å². The molecule has 31 heavy (non-hydrogen) atoms. The topological polar surface area (TPSA) is 109 Å². The second-order valence-corrected chi connectivity index (χ2v) is 8.41. The van der Waals surface area contributed by atoms with E-state index in [9.17, 15) is 14.4 Å². The van der Waals surface area contributed by atoms with Crippen LogP contribution in [0.5, 0.6) is 5.75 Å². The highest BCUT2D eigenvalue weighted by Crippen LogP contribution is 2.24. The first kappa shape index (κ1) is 23.1. The van der Waals surface area contributed by atoms with Crippen LogP contribution in [0.15, 0.2) is 46.0 Å². The predicted molar refractivity (Wildman–Crippen MR) is 122 cm³/mol. The van der Waals surface area contributed by atoms with Gasteiger partial charge < -0.3 is 15.4 Å². The van der Waals surface area contributed by atoms with Gasteiger partial charge in [0.15, 0.2) is 6.61 Å². The van der Waals surface area contributed by atoms with Crippen molar-refractivity contribution >= 4 is 68.8 Å². The normalized spacial score (nSPS) is 13.0. The molecule has 0 atom stereocenters. The molecule has 1 aliphatic carbocycles. The van der Waals surface area contributed by atoms with Crippen LogP contribution in [0.1, 0.15) is 18.4 Å². The van der Waals surface area contributed by atoms with Gasteiger partial charge in [-0.25, -0.2) is 5.43 Å². The number of hydrazone groups is 1. The van der Waals surface area contributed by atoms with E-state index in [4.69, 9.17) is 27.9 Å². The van der Waals surface area contributed by atoms with Crippen LogP contribution in [0.2, 0.25) is 10.0 Å².